The molecule has 0 aliphatic heterocycles. The molecule has 0 aromatic rings. The molecule has 0 amide bonds. The van der Waals surface area contributed by atoms with Crippen LogP contribution < -0.4 is 0 Å². The maximum atomic E-state index is 10.5. The summed E-state index contributed by atoms with van der Waals surface area (Å²) in [6, 6.07) is 0. The Morgan fingerprint density at radius 3 is 2.29 bits per heavy atom. The third-order valence-corrected chi connectivity index (χ3v) is 3.40. The Bertz CT molecular complexity index is 169. The second kappa shape index (κ2) is 6.05. The van der Waals surface area contributed by atoms with Crippen molar-refractivity contribution in [1.29, 1.82) is 0 Å². The molecule has 0 aromatic carbocycles. The first-order valence-corrected chi connectivity index (χ1v) is 5.94. The zero-order valence-electron chi connectivity index (χ0n) is 9.17. The van der Waals surface area contributed by atoms with Gasteiger partial charge in [-0.05, 0) is 24.7 Å². The first-order valence-electron chi connectivity index (χ1n) is 5.94. The van der Waals surface area contributed by atoms with E-state index in [2.05, 4.69) is 6.92 Å². The number of unbranched alkanes of at least 4 members (excludes halogenated alkanes) is 1. The van der Waals surface area contributed by atoms with E-state index in [1.807, 2.05) is 0 Å². The van der Waals surface area contributed by atoms with Crippen LogP contribution in [-0.4, -0.2) is 11.1 Å². The van der Waals surface area contributed by atoms with Crippen LogP contribution in [0.3, 0.4) is 0 Å². The lowest BCUT2D eigenvalue weighted by Gasteiger charge is -2.27. The summed E-state index contributed by atoms with van der Waals surface area (Å²) in [5.74, 6) is 0.729. The lowest BCUT2D eigenvalue weighted by molar-refractivity contribution is -0.138. The second-order valence-corrected chi connectivity index (χ2v) is 4.63. The second-order valence-electron chi connectivity index (χ2n) is 4.63. The number of carbonyl (C=O) groups is 1. The summed E-state index contributed by atoms with van der Waals surface area (Å²) in [5.41, 5.74) is 0. The number of hydrogen-bond donors (Lipinski definition) is 1. The van der Waals surface area contributed by atoms with Gasteiger partial charge in [0.15, 0.2) is 0 Å². The highest BCUT2D eigenvalue weighted by Gasteiger charge is 2.22. The van der Waals surface area contributed by atoms with Gasteiger partial charge in [-0.1, -0.05) is 39.0 Å². The van der Waals surface area contributed by atoms with Crippen LogP contribution in [0.1, 0.15) is 58.3 Å². The lowest BCUT2D eigenvalue weighted by Crippen LogP contribution is -2.17. The number of hydrogen-bond acceptors (Lipinski definition) is 1. The Morgan fingerprint density at radius 2 is 1.79 bits per heavy atom. The molecular formula is C12H22O2. The zero-order chi connectivity index (χ0) is 10.4. The molecule has 82 valence electrons. The van der Waals surface area contributed by atoms with E-state index in [1.165, 1.54) is 32.1 Å². The average Bonchev–Trinajstić information content (AvgIpc) is 2.16. The maximum absolute atomic E-state index is 10.5. The van der Waals surface area contributed by atoms with Gasteiger partial charge in [-0.15, -0.1) is 0 Å². The van der Waals surface area contributed by atoms with E-state index in [9.17, 15) is 4.79 Å². The average molecular weight is 198 g/mol. The number of carboxylic acids is 1. The molecule has 1 rings (SSSR count). The molecule has 14 heavy (non-hydrogen) atoms. The molecule has 0 radical (unpaired) electrons. The summed E-state index contributed by atoms with van der Waals surface area (Å²) in [6.45, 7) is 2.23. The van der Waals surface area contributed by atoms with E-state index in [4.69, 9.17) is 5.11 Å². The summed E-state index contributed by atoms with van der Waals surface area (Å²) in [4.78, 5) is 10.5. The zero-order valence-corrected chi connectivity index (χ0v) is 9.17. The van der Waals surface area contributed by atoms with Gasteiger partial charge in [0.05, 0.1) is 0 Å². The van der Waals surface area contributed by atoms with Crippen molar-refractivity contribution in [2.45, 2.75) is 58.3 Å². The Kier molecular flexibility index (Phi) is 4.99. The largest absolute Gasteiger partial charge is 0.481 e. The van der Waals surface area contributed by atoms with E-state index >= 15 is 0 Å². The molecule has 0 spiro atoms. The van der Waals surface area contributed by atoms with Gasteiger partial charge in [-0.25, -0.2) is 0 Å². The fourth-order valence-electron chi connectivity index (χ4n) is 2.46. The quantitative estimate of drug-likeness (QED) is 0.734. The number of carboxylic acid groups (broad SMARTS) is 1. The molecule has 1 aliphatic carbocycles. The highest BCUT2D eigenvalue weighted by Crippen LogP contribution is 2.33. The summed E-state index contributed by atoms with van der Waals surface area (Å²) < 4.78 is 0. The third kappa shape index (κ3) is 4.12. The van der Waals surface area contributed by atoms with Gasteiger partial charge in [0.25, 0.3) is 0 Å². The Balaban J connectivity index is 2.14. The molecule has 0 atom stereocenters. The molecular weight excluding hydrogens is 176 g/mol. The Morgan fingerprint density at radius 1 is 1.21 bits per heavy atom. The van der Waals surface area contributed by atoms with Crippen molar-refractivity contribution in [3.63, 3.8) is 0 Å². The highest BCUT2D eigenvalue weighted by atomic mass is 16.4. The molecule has 2 nitrogen and oxygen atoms in total. The van der Waals surface area contributed by atoms with E-state index in [0.717, 1.165) is 18.8 Å². The first-order chi connectivity index (χ1) is 6.72. The van der Waals surface area contributed by atoms with Crippen LogP contribution >= 0.6 is 0 Å². The molecule has 1 fully saturated rings. The number of rotatable bonds is 5. The van der Waals surface area contributed by atoms with Gasteiger partial charge in [0, 0.05) is 6.42 Å². The minimum Gasteiger partial charge on any atom is -0.481 e. The molecule has 2 heteroatoms. The van der Waals surface area contributed by atoms with Crippen LogP contribution in [0.4, 0.5) is 0 Å². The normalized spacial score (nSPS) is 27.5. The Hall–Kier alpha value is -0.530. The minimum atomic E-state index is -0.623. The predicted molar refractivity (Wildman–Crippen MR) is 57.2 cm³/mol. The smallest absolute Gasteiger partial charge is 0.303 e. The fraction of sp³-hybridized carbons (Fsp3) is 0.917. The van der Waals surface area contributed by atoms with Crippen molar-refractivity contribution in [1.82, 2.24) is 0 Å². The standard InChI is InChI=1S/C12H22O2/c1-2-3-4-10-5-7-11(8-6-10)9-12(13)14/h10-11H,2-9H2,1H3,(H,13,14)/t10-,11-. The van der Waals surface area contributed by atoms with Gasteiger partial charge >= 0.3 is 5.97 Å². The van der Waals surface area contributed by atoms with Crippen LogP contribution in [0, 0.1) is 11.8 Å². The monoisotopic (exact) mass is 198 g/mol. The highest BCUT2D eigenvalue weighted by molar-refractivity contribution is 5.67. The Labute approximate surface area is 86.7 Å². The molecule has 0 unspecified atom stereocenters. The molecule has 1 saturated carbocycles. The molecule has 0 heterocycles. The van der Waals surface area contributed by atoms with Crippen molar-refractivity contribution in [3.8, 4) is 0 Å². The molecule has 1 N–H and O–H groups in total. The van der Waals surface area contributed by atoms with Crippen molar-refractivity contribution in [2.75, 3.05) is 0 Å². The first kappa shape index (κ1) is 11.5. The van der Waals surface area contributed by atoms with Crippen LogP contribution in [0.15, 0.2) is 0 Å². The number of aliphatic carboxylic acids is 1. The van der Waals surface area contributed by atoms with Crippen LogP contribution in [-0.2, 0) is 4.79 Å². The summed E-state index contributed by atoms with van der Waals surface area (Å²) in [5, 5.41) is 8.67. The van der Waals surface area contributed by atoms with Crippen molar-refractivity contribution < 1.29 is 9.90 Å². The molecule has 0 saturated heterocycles. The van der Waals surface area contributed by atoms with Crippen molar-refractivity contribution in [2.24, 2.45) is 11.8 Å². The minimum absolute atomic E-state index is 0.389. The van der Waals surface area contributed by atoms with Gasteiger partial charge in [-0.2, -0.15) is 0 Å². The van der Waals surface area contributed by atoms with E-state index in [-0.39, 0.29) is 0 Å². The molecule has 0 bridgehead atoms. The van der Waals surface area contributed by atoms with Gasteiger partial charge in [0.1, 0.15) is 0 Å². The fourth-order valence-corrected chi connectivity index (χ4v) is 2.46. The summed E-state index contributed by atoms with van der Waals surface area (Å²) in [6.07, 6.45) is 9.18. The van der Waals surface area contributed by atoms with E-state index in [0.29, 0.717) is 12.3 Å². The van der Waals surface area contributed by atoms with Gasteiger partial charge in [-0.3, -0.25) is 4.79 Å². The van der Waals surface area contributed by atoms with Crippen LogP contribution in [0.5, 0.6) is 0 Å². The third-order valence-electron chi connectivity index (χ3n) is 3.40. The maximum Gasteiger partial charge on any atom is 0.303 e. The topological polar surface area (TPSA) is 37.3 Å². The molecule has 1 aliphatic rings. The van der Waals surface area contributed by atoms with E-state index < -0.39 is 5.97 Å². The lowest BCUT2D eigenvalue weighted by atomic mass is 9.78. The summed E-state index contributed by atoms with van der Waals surface area (Å²) >= 11 is 0. The van der Waals surface area contributed by atoms with Crippen LogP contribution in [0.25, 0.3) is 0 Å². The predicted octanol–water partition coefficient (Wildman–Crippen LogP) is 3.46. The summed E-state index contributed by atoms with van der Waals surface area (Å²) in [7, 11) is 0. The van der Waals surface area contributed by atoms with Crippen molar-refractivity contribution >= 4 is 5.97 Å². The molecule has 0 aromatic heterocycles. The SMILES string of the molecule is CCCC[C@H]1CC[C@H](CC(=O)O)CC1. The van der Waals surface area contributed by atoms with Gasteiger partial charge < -0.3 is 5.11 Å². The van der Waals surface area contributed by atoms with Crippen molar-refractivity contribution in [3.05, 3.63) is 0 Å². The van der Waals surface area contributed by atoms with Gasteiger partial charge in [0.2, 0.25) is 0 Å². The van der Waals surface area contributed by atoms with E-state index in [1.54, 1.807) is 0 Å². The van der Waals surface area contributed by atoms with Crippen LogP contribution in [0.2, 0.25) is 0 Å².